The van der Waals surface area contributed by atoms with E-state index in [9.17, 15) is 0 Å². The Morgan fingerprint density at radius 2 is 1.75 bits per heavy atom. The molecule has 2 unspecified atom stereocenters. The second-order valence-electron chi connectivity index (χ2n) is 4.86. The minimum Gasteiger partial charge on any atom is -0.377 e. The van der Waals surface area contributed by atoms with E-state index >= 15 is 0 Å². The van der Waals surface area contributed by atoms with E-state index in [1.54, 1.807) is 0 Å². The fourth-order valence-electron chi connectivity index (χ4n) is 2.83. The molecule has 0 aromatic rings. The first-order valence-electron chi connectivity index (χ1n) is 6.39. The fourth-order valence-corrected chi connectivity index (χ4v) is 2.83. The van der Waals surface area contributed by atoms with E-state index in [2.05, 4.69) is 18.2 Å². The molecule has 0 saturated carbocycles. The van der Waals surface area contributed by atoms with Gasteiger partial charge in [-0.2, -0.15) is 0 Å². The standard InChI is InChI=1S/C14H19O2/c1-4-11(13-6-2-8-15-13)10-12(5-1)14-7-3-9-16-14/h1,4-5,13-14H,2-3,6-10H2. The summed E-state index contributed by atoms with van der Waals surface area (Å²) in [5, 5.41) is 0. The normalized spacial score (nSPS) is 35.6. The summed E-state index contributed by atoms with van der Waals surface area (Å²) >= 11 is 0. The van der Waals surface area contributed by atoms with Gasteiger partial charge in [0, 0.05) is 19.1 Å². The Balaban J connectivity index is 1.64. The van der Waals surface area contributed by atoms with Crippen LogP contribution in [-0.4, -0.2) is 25.4 Å². The van der Waals surface area contributed by atoms with E-state index < -0.39 is 0 Å². The Hall–Kier alpha value is -0.600. The Morgan fingerprint density at radius 1 is 1.00 bits per heavy atom. The monoisotopic (exact) mass is 219 g/mol. The number of allylic oxidation sites excluding steroid dienone is 2. The number of hydrogen-bond acceptors (Lipinski definition) is 2. The van der Waals surface area contributed by atoms with Crippen LogP contribution in [0.2, 0.25) is 0 Å². The van der Waals surface area contributed by atoms with Gasteiger partial charge < -0.3 is 9.47 Å². The van der Waals surface area contributed by atoms with Crippen LogP contribution >= 0.6 is 0 Å². The summed E-state index contributed by atoms with van der Waals surface area (Å²) in [5.41, 5.74) is 1.45. The van der Waals surface area contributed by atoms with Gasteiger partial charge in [-0.05, 0) is 37.7 Å². The van der Waals surface area contributed by atoms with Gasteiger partial charge in [0.05, 0.1) is 12.2 Å². The summed E-state index contributed by atoms with van der Waals surface area (Å²) in [4.78, 5) is 0. The van der Waals surface area contributed by atoms with Crippen molar-refractivity contribution >= 4 is 0 Å². The fraction of sp³-hybridized carbons (Fsp3) is 0.643. The van der Waals surface area contributed by atoms with Gasteiger partial charge in [0.2, 0.25) is 0 Å². The third-order valence-electron chi connectivity index (χ3n) is 3.72. The molecule has 2 nitrogen and oxygen atoms in total. The first-order chi connectivity index (χ1) is 7.93. The SMILES string of the molecule is C1=C[C](C2CCCO2)CC(C2CCCO2)=C1. The Morgan fingerprint density at radius 3 is 2.44 bits per heavy atom. The summed E-state index contributed by atoms with van der Waals surface area (Å²) in [6.45, 7) is 1.86. The molecule has 0 aromatic heterocycles. The molecule has 0 aromatic carbocycles. The van der Waals surface area contributed by atoms with Crippen molar-refractivity contribution in [1.82, 2.24) is 0 Å². The first-order valence-corrected chi connectivity index (χ1v) is 6.39. The molecule has 0 N–H and O–H groups in total. The van der Waals surface area contributed by atoms with Crippen molar-refractivity contribution in [2.75, 3.05) is 13.2 Å². The minimum absolute atomic E-state index is 0.376. The molecule has 16 heavy (non-hydrogen) atoms. The van der Waals surface area contributed by atoms with Gasteiger partial charge in [-0.1, -0.05) is 18.2 Å². The highest BCUT2D eigenvalue weighted by molar-refractivity contribution is 5.34. The summed E-state index contributed by atoms with van der Waals surface area (Å²) in [5.74, 6) is 1.45. The van der Waals surface area contributed by atoms with Crippen LogP contribution in [0.3, 0.4) is 0 Å². The summed E-state index contributed by atoms with van der Waals surface area (Å²) in [7, 11) is 0. The summed E-state index contributed by atoms with van der Waals surface area (Å²) < 4.78 is 11.5. The van der Waals surface area contributed by atoms with Gasteiger partial charge in [-0.15, -0.1) is 0 Å². The lowest BCUT2D eigenvalue weighted by atomic mass is 9.86. The highest BCUT2D eigenvalue weighted by Crippen LogP contribution is 2.34. The van der Waals surface area contributed by atoms with Crippen LogP contribution in [0.4, 0.5) is 0 Å². The van der Waals surface area contributed by atoms with Crippen molar-refractivity contribution in [2.24, 2.45) is 0 Å². The zero-order valence-electron chi connectivity index (χ0n) is 9.65. The predicted molar refractivity (Wildman–Crippen MR) is 63.0 cm³/mol. The van der Waals surface area contributed by atoms with Crippen LogP contribution in [0.25, 0.3) is 0 Å². The topological polar surface area (TPSA) is 18.5 Å². The van der Waals surface area contributed by atoms with Crippen LogP contribution in [0.15, 0.2) is 23.8 Å². The largest absolute Gasteiger partial charge is 0.377 e. The van der Waals surface area contributed by atoms with Crippen molar-refractivity contribution in [3.05, 3.63) is 29.7 Å². The molecule has 1 radical (unpaired) electrons. The minimum atomic E-state index is 0.376. The van der Waals surface area contributed by atoms with Gasteiger partial charge in [-0.3, -0.25) is 0 Å². The van der Waals surface area contributed by atoms with Crippen LogP contribution in [-0.2, 0) is 9.47 Å². The third-order valence-corrected chi connectivity index (χ3v) is 3.72. The molecule has 0 spiro atoms. The lowest BCUT2D eigenvalue weighted by Gasteiger charge is -2.25. The molecule has 87 valence electrons. The molecule has 0 amide bonds. The molecule has 2 fully saturated rings. The molecule has 2 heterocycles. The Kier molecular flexibility index (Phi) is 3.11. The number of rotatable bonds is 2. The van der Waals surface area contributed by atoms with Crippen molar-refractivity contribution in [3.63, 3.8) is 0 Å². The lowest BCUT2D eigenvalue weighted by Crippen LogP contribution is -2.21. The number of ether oxygens (including phenoxy) is 2. The number of hydrogen-bond donors (Lipinski definition) is 0. The molecule has 0 bridgehead atoms. The Bertz CT molecular complexity index is 294. The van der Waals surface area contributed by atoms with Crippen LogP contribution < -0.4 is 0 Å². The molecule has 2 atom stereocenters. The van der Waals surface area contributed by atoms with Gasteiger partial charge in [-0.25, -0.2) is 0 Å². The van der Waals surface area contributed by atoms with Crippen LogP contribution in [0.5, 0.6) is 0 Å². The molecule has 3 rings (SSSR count). The van der Waals surface area contributed by atoms with Crippen LogP contribution in [0, 0.1) is 5.92 Å². The van der Waals surface area contributed by atoms with Crippen molar-refractivity contribution in [2.45, 2.75) is 44.3 Å². The highest BCUT2D eigenvalue weighted by atomic mass is 16.5. The Labute approximate surface area is 97.3 Å². The van der Waals surface area contributed by atoms with E-state index in [1.807, 2.05) is 0 Å². The molecule has 2 saturated heterocycles. The van der Waals surface area contributed by atoms with Gasteiger partial charge >= 0.3 is 0 Å². The molecule has 2 heteroatoms. The predicted octanol–water partition coefficient (Wildman–Crippen LogP) is 2.81. The van der Waals surface area contributed by atoms with E-state index in [1.165, 1.54) is 37.2 Å². The zero-order chi connectivity index (χ0) is 10.8. The first kappa shape index (κ1) is 10.5. The second kappa shape index (κ2) is 4.72. The maximum atomic E-state index is 5.75. The molecule has 3 aliphatic rings. The lowest BCUT2D eigenvalue weighted by molar-refractivity contribution is 0.115. The summed E-state index contributed by atoms with van der Waals surface area (Å²) in [6.07, 6.45) is 13.2. The average Bonchev–Trinajstić information content (AvgIpc) is 3.03. The zero-order valence-corrected chi connectivity index (χ0v) is 9.65. The quantitative estimate of drug-likeness (QED) is 0.711. The average molecular weight is 219 g/mol. The van der Waals surface area contributed by atoms with Gasteiger partial charge in [0.25, 0.3) is 0 Å². The summed E-state index contributed by atoms with van der Waals surface area (Å²) in [6, 6.07) is 0. The van der Waals surface area contributed by atoms with Gasteiger partial charge in [0.15, 0.2) is 0 Å². The van der Waals surface area contributed by atoms with Crippen molar-refractivity contribution in [3.8, 4) is 0 Å². The van der Waals surface area contributed by atoms with Crippen LogP contribution in [0.1, 0.15) is 32.1 Å². The molecule has 1 aliphatic carbocycles. The van der Waals surface area contributed by atoms with Gasteiger partial charge in [0.1, 0.15) is 0 Å². The second-order valence-corrected chi connectivity index (χ2v) is 4.86. The van der Waals surface area contributed by atoms with Crippen molar-refractivity contribution < 1.29 is 9.47 Å². The maximum Gasteiger partial charge on any atom is 0.0789 e. The third kappa shape index (κ3) is 2.09. The maximum absolute atomic E-state index is 5.75. The highest BCUT2D eigenvalue weighted by Gasteiger charge is 2.29. The smallest absolute Gasteiger partial charge is 0.0789 e. The molecular formula is C14H19O2. The van der Waals surface area contributed by atoms with E-state index in [-0.39, 0.29) is 0 Å². The van der Waals surface area contributed by atoms with E-state index in [0.717, 1.165) is 19.6 Å². The van der Waals surface area contributed by atoms with E-state index in [4.69, 9.17) is 9.47 Å². The molecular weight excluding hydrogens is 200 g/mol. The van der Waals surface area contributed by atoms with Crippen molar-refractivity contribution in [1.29, 1.82) is 0 Å². The van der Waals surface area contributed by atoms with E-state index in [0.29, 0.717) is 12.2 Å². The molecule has 2 aliphatic heterocycles.